The van der Waals surface area contributed by atoms with E-state index in [9.17, 15) is 4.39 Å². The van der Waals surface area contributed by atoms with Crippen LogP contribution in [-0.2, 0) is 0 Å². The molecule has 0 spiro atoms. The van der Waals surface area contributed by atoms with Gasteiger partial charge in [0.25, 0.3) is 0 Å². The molecule has 0 aliphatic heterocycles. The molecule has 1 aromatic carbocycles. The Hall–Kier alpha value is -0.830. The molecule has 0 atom stereocenters. The quantitative estimate of drug-likeness (QED) is 0.534. The predicted molar refractivity (Wildman–Crippen MR) is 52.2 cm³/mol. The smallest absolute Gasteiger partial charge is 0.132 e. The summed E-state index contributed by atoms with van der Waals surface area (Å²) < 4.78 is 16.8. The van der Waals surface area contributed by atoms with Gasteiger partial charge in [-0.15, -0.1) is 0 Å². The minimum atomic E-state index is -0.243. The Morgan fingerprint density at radius 3 is 2.67 bits per heavy atom. The van der Waals surface area contributed by atoms with E-state index in [2.05, 4.69) is 17.2 Å². The third-order valence-corrected chi connectivity index (χ3v) is 1.88. The Bertz CT molecular complexity index is 296. The van der Waals surface area contributed by atoms with Crippen LogP contribution >= 0.6 is 12.8 Å². The van der Waals surface area contributed by atoms with Crippen LogP contribution in [0.4, 0.5) is 4.39 Å². The molecule has 12 heavy (non-hydrogen) atoms. The van der Waals surface area contributed by atoms with E-state index in [0.717, 1.165) is 0 Å². The van der Waals surface area contributed by atoms with Gasteiger partial charge in [-0.1, -0.05) is 25.1 Å². The monoisotopic (exact) mass is 183 g/mol. The zero-order chi connectivity index (χ0) is 8.97. The molecule has 1 rings (SSSR count). The van der Waals surface area contributed by atoms with Gasteiger partial charge >= 0.3 is 0 Å². The lowest BCUT2D eigenvalue weighted by Gasteiger charge is -2.02. The van der Waals surface area contributed by atoms with Gasteiger partial charge < -0.3 is 0 Å². The molecule has 0 radical (unpaired) electrons. The van der Waals surface area contributed by atoms with E-state index in [0.29, 0.717) is 17.7 Å². The van der Waals surface area contributed by atoms with Crippen LogP contribution in [-0.4, -0.2) is 5.71 Å². The van der Waals surface area contributed by atoms with Gasteiger partial charge in [0.15, 0.2) is 0 Å². The molecule has 0 bridgehead atoms. The number of halogens is 1. The van der Waals surface area contributed by atoms with Gasteiger partial charge in [-0.25, -0.2) is 8.79 Å². The van der Waals surface area contributed by atoms with Crippen LogP contribution in [0.2, 0.25) is 0 Å². The lowest BCUT2D eigenvalue weighted by atomic mass is 10.1. The number of rotatable bonds is 2. The average molecular weight is 183 g/mol. The molecular formula is C9H10FNS. The van der Waals surface area contributed by atoms with Gasteiger partial charge in [0.2, 0.25) is 0 Å². The van der Waals surface area contributed by atoms with Crippen molar-refractivity contribution in [3.05, 3.63) is 35.6 Å². The molecule has 0 aliphatic rings. The fourth-order valence-corrected chi connectivity index (χ4v) is 1.26. The molecule has 0 unspecified atom stereocenters. The molecule has 3 heteroatoms. The summed E-state index contributed by atoms with van der Waals surface area (Å²) in [5.74, 6) is -0.243. The van der Waals surface area contributed by atoms with E-state index in [-0.39, 0.29) is 5.82 Å². The van der Waals surface area contributed by atoms with E-state index in [4.69, 9.17) is 0 Å². The number of thiol groups is 1. The second-order valence-electron chi connectivity index (χ2n) is 2.38. The summed E-state index contributed by atoms with van der Waals surface area (Å²) in [5, 5.41) is 0. The molecule has 0 aromatic heterocycles. The maximum Gasteiger partial charge on any atom is 0.132 e. The third-order valence-electron chi connectivity index (χ3n) is 1.64. The van der Waals surface area contributed by atoms with E-state index in [1.807, 2.05) is 6.92 Å². The maximum absolute atomic E-state index is 13.1. The lowest BCUT2D eigenvalue weighted by molar-refractivity contribution is 0.625. The highest BCUT2D eigenvalue weighted by molar-refractivity contribution is 7.79. The summed E-state index contributed by atoms with van der Waals surface area (Å²) in [7, 11) is 0. The Morgan fingerprint density at radius 2 is 2.17 bits per heavy atom. The number of nitrogens with zero attached hydrogens (tertiary/aromatic N) is 1. The molecule has 64 valence electrons. The third kappa shape index (κ3) is 1.85. The summed E-state index contributed by atoms with van der Waals surface area (Å²) in [6.07, 6.45) is 0.685. The standard InChI is InChI=1S/C9H10FNS/c1-2-9(11-12)7-5-3-4-6-8(7)10/h3-6,12H,2H2,1H3/b11-9+. The summed E-state index contributed by atoms with van der Waals surface area (Å²) in [5.41, 5.74) is 1.21. The molecular weight excluding hydrogens is 173 g/mol. The van der Waals surface area contributed by atoms with E-state index in [1.54, 1.807) is 18.2 Å². The van der Waals surface area contributed by atoms with Crippen LogP contribution in [0.3, 0.4) is 0 Å². The second kappa shape index (κ2) is 4.26. The van der Waals surface area contributed by atoms with Crippen LogP contribution in [0.25, 0.3) is 0 Å². The predicted octanol–water partition coefficient (Wildman–Crippen LogP) is 2.87. The fourth-order valence-electron chi connectivity index (χ4n) is 1.01. The molecule has 1 aromatic rings. The van der Waals surface area contributed by atoms with Gasteiger partial charge in [-0.2, -0.15) is 0 Å². The first kappa shape index (κ1) is 9.26. The van der Waals surface area contributed by atoms with Gasteiger partial charge in [0, 0.05) is 5.56 Å². The van der Waals surface area contributed by atoms with Crippen molar-refractivity contribution in [3.63, 3.8) is 0 Å². The molecule has 1 nitrogen and oxygen atoms in total. The fraction of sp³-hybridized carbons (Fsp3) is 0.222. The zero-order valence-electron chi connectivity index (χ0n) is 6.79. The van der Waals surface area contributed by atoms with Crippen LogP contribution in [0.5, 0.6) is 0 Å². The summed E-state index contributed by atoms with van der Waals surface area (Å²) in [6.45, 7) is 1.92. The summed E-state index contributed by atoms with van der Waals surface area (Å²) in [4.78, 5) is 0. The Kier molecular flexibility index (Phi) is 3.29. The summed E-state index contributed by atoms with van der Waals surface area (Å²) in [6, 6.07) is 6.56. The number of hydrogen-bond donors (Lipinski definition) is 1. The molecule has 0 fully saturated rings. The van der Waals surface area contributed by atoms with Gasteiger partial charge in [0.05, 0.1) is 5.71 Å². The summed E-state index contributed by atoms with van der Waals surface area (Å²) >= 11 is 3.78. The van der Waals surface area contributed by atoms with Crippen LogP contribution < -0.4 is 0 Å². The SMILES string of the molecule is CC/C(=N\S)c1ccccc1F. The van der Waals surface area contributed by atoms with Crippen molar-refractivity contribution in [2.75, 3.05) is 0 Å². The van der Waals surface area contributed by atoms with Crippen molar-refractivity contribution in [1.29, 1.82) is 0 Å². The highest BCUT2D eigenvalue weighted by Crippen LogP contribution is 2.10. The molecule has 0 saturated carbocycles. The van der Waals surface area contributed by atoms with Gasteiger partial charge in [-0.3, -0.25) is 0 Å². The average Bonchev–Trinajstić information content (AvgIpc) is 2.10. The Labute approximate surface area is 76.9 Å². The van der Waals surface area contributed by atoms with E-state index < -0.39 is 0 Å². The lowest BCUT2D eigenvalue weighted by Crippen LogP contribution is -2.00. The van der Waals surface area contributed by atoms with Crippen molar-refractivity contribution in [3.8, 4) is 0 Å². The Morgan fingerprint density at radius 1 is 1.50 bits per heavy atom. The van der Waals surface area contributed by atoms with Crippen molar-refractivity contribution >= 4 is 18.5 Å². The van der Waals surface area contributed by atoms with Crippen molar-refractivity contribution < 1.29 is 4.39 Å². The van der Waals surface area contributed by atoms with Gasteiger partial charge in [0.1, 0.15) is 5.82 Å². The Balaban J connectivity index is 3.10. The molecule has 0 N–H and O–H groups in total. The number of benzene rings is 1. The molecule has 0 amide bonds. The minimum absolute atomic E-state index is 0.243. The molecule has 0 saturated heterocycles. The largest absolute Gasteiger partial charge is 0.224 e. The highest BCUT2D eigenvalue weighted by Gasteiger charge is 2.05. The van der Waals surface area contributed by atoms with E-state index in [1.165, 1.54) is 6.07 Å². The topological polar surface area (TPSA) is 12.4 Å². The van der Waals surface area contributed by atoms with Gasteiger partial charge in [-0.05, 0) is 25.3 Å². The first-order chi connectivity index (χ1) is 5.79. The van der Waals surface area contributed by atoms with Crippen LogP contribution in [0.15, 0.2) is 28.7 Å². The zero-order valence-corrected chi connectivity index (χ0v) is 7.68. The van der Waals surface area contributed by atoms with E-state index >= 15 is 0 Å². The highest BCUT2D eigenvalue weighted by atomic mass is 32.1. The number of hydrogen-bond acceptors (Lipinski definition) is 2. The minimum Gasteiger partial charge on any atom is -0.224 e. The van der Waals surface area contributed by atoms with Crippen molar-refractivity contribution in [2.24, 2.45) is 4.40 Å². The van der Waals surface area contributed by atoms with Crippen LogP contribution in [0, 0.1) is 5.82 Å². The first-order valence-electron chi connectivity index (χ1n) is 3.75. The molecule has 0 aliphatic carbocycles. The second-order valence-corrected chi connectivity index (χ2v) is 2.58. The first-order valence-corrected chi connectivity index (χ1v) is 4.15. The molecule has 0 heterocycles. The van der Waals surface area contributed by atoms with Crippen molar-refractivity contribution in [1.82, 2.24) is 0 Å². The van der Waals surface area contributed by atoms with Crippen molar-refractivity contribution in [2.45, 2.75) is 13.3 Å². The van der Waals surface area contributed by atoms with Crippen LogP contribution in [0.1, 0.15) is 18.9 Å². The normalized spacial score (nSPS) is 11.8. The maximum atomic E-state index is 13.1.